The zero-order valence-electron chi connectivity index (χ0n) is 14.0. The molecular weight excluding hydrogens is 326 g/mol. The largest absolute Gasteiger partial charge is 0.494 e. The summed E-state index contributed by atoms with van der Waals surface area (Å²) in [7, 11) is 1.39. The number of amides is 1. The maximum atomic E-state index is 13.8. The molecule has 4 nitrogen and oxygen atoms in total. The van der Waals surface area contributed by atoms with Crippen LogP contribution >= 0.6 is 0 Å². The summed E-state index contributed by atoms with van der Waals surface area (Å²) in [5.74, 6) is -0.919. The topological polar surface area (TPSA) is 41.6 Å². The number of likely N-dealkylation sites (tertiary alicyclic amines) is 1. The van der Waals surface area contributed by atoms with Gasteiger partial charge in [-0.2, -0.15) is 0 Å². The van der Waals surface area contributed by atoms with Crippen molar-refractivity contribution >= 4 is 11.6 Å². The van der Waals surface area contributed by atoms with E-state index in [1.54, 1.807) is 23.1 Å². The summed E-state index contributed by atoms with van der Waals surface area (Å²) < 4.78 is 31.7. The van der Waals surface area contributed by atoms with Gasteiger partial charge >= 0.3 is 0 Å². The van der Waals surface area contributed by atoms with Crippen LogP contribution in [0.3, 0.4) is 0 Å². The Labute approximate surface area is 145 Å². The molecule has 132 valence electrons. The van der Waals surface area contributed by atoms with Crippen molar-refractivity contribution in [3.8, 4) is 5.75 Å². The number of ether oxygens (including phenoxy) is 1. The van der Waals surface area contributed by atoms with Crippen LogP contribution in [0.15, 0.2) is 42.5 Å². The normalized spacial score (nSPS) is 17.2. The fourth-order valence-corrected chi connectivity index (χ4v) is 3.04. The second-order valence-corrected chi connectivity index (χ2v) is 6.09. The van der Waals surface area contributed by atoms with E-state index in [0.29, 0.717) is 18.7 Å². The molecule has 1 N–H and O–H groups in total. The number of methoxy groups -OCH3 is 1. The van der Waals surface area contributed by atoms with Crippen LogP contribution in [0.4, 0.5) is 14.5 Å². The molecule has 25 heavy (non-hydrogen) atoms. The first kappa shape index (κ1) is 17.2. The molecule has 0 bridgehead atoms. The van der Waals surface area contributed by atoms with E-state index in [1.807, 2.05) is 0 Å². The fourth-order valence-electron chi connectivity index (χ4n) is 3.04. The Bertz CT molecular complexity index is 750. The lowest BCUT2D eigenvalue weighted by Gasteiger charge is -2.33. The maximum Gasteiger partial charge on any atom is 0.254 e. The van der Waals surface area contributed by atoms with Gasteiger partial charge in [0.1, 0.15) is 5.82 Å². The number of halogens is 2. The highest BCUT2D eigenvalue weighted by molar-refractivity contribution is 5.94. The van der Waals surface area contributed by atoms with Gasteiger partial charge in [0.2, 0.25) is 0 Å². The Hall–Kier alpha value is -2.63. The number of rotatable bonds is 4. The van der Waals surface area contributed by atoms with Gasteiger partial charge in [0.15, 0.2) is 11.6 Å². The summed E-state index contributed by atoms with van der Waals surface area (Å²) in [6, 6.07) is 10.5. The average Bonchev–Trinajstić information content (AvgIpc) is 2.63. The number of hydrogen-bond donors (Lipinski definition) is 1. The van der Waals surface area contributed by atoms with Gasteiger partial charge in [-0.05, 0) is 55.3 Å². The summed E-state index contributed by atoms with van der Waals surface area (Å²) in [5.41, 5.74) is 1.12. The van der Waals surface area contributed by atoms with E-state index >= 15 is 0 Å². The van der Waals surface area contributed by atoms with E-state index in [-0.39, 0.29) is 23.5 Å². The number of hydrogen-bond acceptors (Lipinski definition) is 3. The lowest BCUT2D eigenvalue weighted by atomic mass is 10.0. The average molecular weight is 346 g/mol. The molecule has 0 radical (unpaired) electrons. The molecule has 0 aliphatic carbocycles. The second-order valence-electron chi connectivity index (χ2n) is 6.09. The van der Waals surface area contributed by atoms with Crippen molar-refractivity contribution in [3.63, 3.8) is 0 Å². The third-order valence-electron chi connectivity index (χ3n) is 4.32. The molecule has 1 aliphatic rings. The SMILES string of the molecule is COc1ccc(C(=O)N2CCC[C@@H](Nc3ccc(F)cc3)C2)cc1F. The molecule has 0 aromatic heterocycles. The molecule has 1 atom stereocenters. The number of anilines is 1. The minimum Gasteiger partial charge on any atom is -0.494 e. The lowest BCUT2D eigenvalue weighted by Crippen LogP contribution is -2.45. The van der Waals surface area contributed by atoms with Crippen molar-refractivity contribution in [3.05, 3.63) is 59.7 Å². The minimum absolute atomic E-state index is 0.0752. The minimum atomic E-state index is -0.550. The van der Waals surface area contributed by atoms with Crippen molar-refractivity contribution in [1.29, 1.82) is 0 Å². The van der Waals surface area contributed by atoms with Crippen molar-refractivity contribution in [2.24, 2.45) is 0 Å². The lowest BCUT2D eigenvalue weighted by molar-refractivity contribution is 0.0714. The molecule has 1 amide bonds. The Kier molecular flexibility index (Phi) is 5.16. The number of carbonyl (C=O) groups is 1. The molecule has 0 saturated carbocycles. The van der Waals surface area contributed by atoms with Gasteiger partial charge < -0.3 is 15.0 Å². The summed E-state index contributed by atoms with van der Waals surface area (Å²) in [6.45, 7) is 1.15. The molecule has 2 aromatic rings. The zero-order valence-corrected chi connectivity index (χ0v) is 14.0. The van der Waals surface area contributed by atoms with Crippen molar-refractivity contribution in [2.45, 2.75) is 18.9 Å². The molecule has 6 heteroatoms. The van der Waals surface area contributed by atoms with Crippen LogP contribution < -0.4 is 10.1 Å². The van der Waals surface area contributed by atoms with Crippen LogP contribution in [0.2, 0.25) is 0 Å². The number of piperidine rings is 1. The molecule has 3 rings (SSSR count). The Morgan fingerprint density at radius 3 is 2.64 bits per heavy atom. The summed E-state index contributed by atoms with van der Waals surface area (Å²) in [6.07, 6.45) is 1.77. The van der Waals surface area contributed by atoms with E-state index in [2.05, 4.69) is 5.32 Å². The smallest absolute Gasteiger partial charge is 0.254 e. The Balaban J connectivity index is 1.67. The van der Waals surface area contributed by atoms with Gasteiger partial charge in [-0.25, -0.2) is 8.78 Å². The van der Waals surface area contributed by atoms with Crippen LogP contribution in [0.1, 0.15) is 23.2 Å². The van der Waals surface area contributed by atoms with Crippen LogP contribution in [-0.2, 0) is 0 Å². The molecule has 0 unspecified atom stereocenters. The van der Waals surface area contributed by atoms with Crippen LogP contribution in [0.25, 0.3) is 0 Å². The number of benzene rings is 2. The van der Waals surface area contributed by atoms with Crippen LogP contribution in [-0.4, -0.2) is 37.0 Å². The Morgan fingerprint density at radius 2 is 1.96 bits per heavy atom. The first-order valence-corrected chi connectivity index (χ1v) is 8.22. The highest BCUT2D eigenvalue weighted by atomic mass is 19.1. The van der Waals surface area contributed by atoms with Crippen molar-refractivity contribution in [2.75, 3.05) is 25.5 Å². The van der Waals surface area contributed by atoms with Gasteiger partial charge in [-0.3, -0.25) is 4.79 Å². The summed E-state index contributed by atoms with van der Waals surface area (Å²) >= 11 is 0. The van der Waals surface area contributed by atoms with Crippen LogP contribution in [0, 0.1) is 11.6 Å². The van der Waals surface area contributed by atoms with Crippen molar-refractivity contribution in [1.82, 2.24) is 4.90 Å². The van der Waals surface area contributed by atoms with E-state index < -0.39 is 5.82 Å². The first-order valence-electron chi connectivity index (χ1n) is 8.22. The molecular formula is C19H20F2N2O2. The predicted molar refractivity (Wildman–Crippen MR) is 91.9 cm³/mol. The molecule has 1 aliphatic heterocycles. The summed E-state index contributed by atoms with van der Waals surface area (Å²) in [5, 5.41) is 3.32. The van der Waals surface area contributed by atoms with Gasteiger partial charge in [-0.1, -0.05) is 0 Å². The highest BCUT2D eigenvalue weighted by Gasteiger charge is 2.25. The number of carbonyl (C=O) groups excluding carboxylic acids is 1. The monoisotopic (exact) mass is 346 g/mol. The van der Waals surface area contributed by atoms with Crippen LogP contribution in [0.5, 0.6) is 5.75 Å². The molecule has 1 fully saturated rings. The molecule has 0 spiro atoms. The van der Waals surface area contributed by atoms with E-state index in [1.165, 1.54) is 31.4 Å². The van der Waals surface area contributed by atoms with E-state index in [0.717, 1.165) is 18.5 Å². The standard InChI is InChI=1S/C19H20F2N2O2/c1-25-18-9-4-13(11-17(18)21)19(24)23-10-2-3-16(12-23)22-15-7-5-14(20)6-8-15/h4-9,11,16,22H,2-3,10,12H2,1H3/t16-/m1/s1. The van der Waals surface area contributed by atoms with Crippen molar-refractivity contribution < 1.29 is 18.3 Å². The van der Waals surface area contributed by atoms with Gasteiger partial charge in [0, 0.05) is 30.4 Å². The van der Waals surface area contributed by atoms with E-state index in [9.17, 15) is 13.6 Å². The third-order valence-corrected chi connectivity index (χ3v) is 4.32. The second kappa shape index (κ2) is 7.51. The first-order chi connectivity index (χ1) is 12.1. The van der Waals surface area contributed by atoms with Gasteiger partial charge in [0.25, 0.3) is 5.91 Å². The highest BCUT2D eigenvalue weighted by Crippen LogP contribution is 2.21. The summed E-state index contributed by atoms with van der Waals surface area (Å²) in [4.78, 5) is 14.3. The Morgan fingerprint density at radius 1 is 1.20 bits per heavy atom. The predicted octanol–water partition coefficient (Wildman–Crippen LogP) is 3.69. The fraction of sp³-hybridized carbons (Fsp3) is 0.316. The number of nitrogens with zero attached hydrogens (tertiary/aromatic N) is 1. The molecule has 2 aromatic carbocycles. The third kappa shape index (κ3) is 4.07. The van der Waals surface area contributed by atoms with Gasteiger partial charge in [0.05, 0.1) is 7.11 Å². The number of nitrogens with one attached hydrogen (secondary N) is 1. The molecule has 1 heterocycles. The zero-order chi connectivity index (χ0) is 17.8. The van der Waals surface area contributed by atoms with Gasteiger partial charge in [-0.15, -0.1) is 0 Å². The quantitative estimate of drug-likeness (QED) is 0.918. The van der Waals surface area contributed by atoms with E-state index in [4.69, 9.17) is 4.74 Å². The molecule has 1 saturated heterocycles. The maximum absolute atomic E-state index is 13.8.